The van der Waals surface area contributed by atoms with Crippen molar-refractivity contribution in [1.29, 1.82) is 0 Å². The molecule has 0 fully saturated rings. The van der Waals surface area contributed by atoms with E-state index in [4.69, 9.17) is 17.3 Å². The molecule has 0 aliphatic heterocycles. The van der Waals surface area contributed by atoms with Crippen molar-refractivity contribution < 1.29 is 8.42 Å². The number of nitrogens with one attached hydrogen (secondary N) is 1. The fourth-order valence-corrected chi connectivity index (χ4v) is 2.74. The standard InChI is InChI=1S/C10H11ClN4O2S/c1-15(10-4-7(11)2-3-9(10)12)18(16,17)8-5-13-14-6-8/h2-6H,12H2,1H3,(H,13,14). The molecule has 1 aromatic heterocycles. The van der Waals surface area contributed by atoms with Crippen LogP contribution in [0.25, 0.3) is 0 Å². The largest absolute Gasteiger partial charge is 0.397 e. The number of nitrogens with zero attached hydrogens (tertiary/aromatic N) is 2. The van der Waals surface area contributed by atoms with Crippen molar-refractivity contribution >= 4 is 33.0 Å². The lowest BCUT2D eigenvalue weighted by Gasteiger charge is -2.20. The van der Waals surface area contributed by atoms with Crippen LogP contribution >= 0.6 is 11.6 Å². The molecule has 0 saturated carbocycles. The number of hydrogen-bond donors (Lipinski definition) is 2. The predicted molar refractivity (Wildman–Crippen MR) is 70.0 cm³/mol. The summed E-state index contributed by atoms with van der Waals surface area (Å²) in [7, 11) is -2.28. The highest BCUT2D eigenvalue weighted by atomic mass is 35.5. The van der Waals surface area contributed by atoms with Gasteiger partial charge < -0.3 is 5.73 Å². The molecular formula is C10H11ClN4O2S. The number of nitrogen functional groups attached to an aromatic ring is 1. The molecule has 0 aliphatic carbocycles. The van der Waals surface area contributed by atoms with Crippen LogP contribution in [0.5, 0.6) is 0 Å². The fourth-order valence-electron chi connectivity index (χ4n) is 1.46. The Kier molecular flexibility index (Phi) is 3.18. The molecule has 0 radical (unpaired) electrons. The molecule has 0 amide bonds. The van der Waals surface area contributed by atoms with Gasteiger partial charge in [0.15, 0.2) is 0 Å². The highest BCUT2D eigenvalue weighted by molar-refractivity contribution is 7.92. The number of nitrogens with two attached hydrogens (primary N) is 1. The van der Waals surface area contributed by atoms with Crippen LogP contribution in [-0.2, 0) is 10.0 Å². The lowest BCUT2D eigenvalue weighted by Crippen LogP contribution is -2.27. The third-order valence-corrected chi connectivity index (χ3v) is 4.44. The van der Waals surface area contributed by atoms with Gasteiger partial charge in [0.2, 0.25) is 0 Å². The van der Waals surface area contributed by atoms with Gasteiger partial charge in [-0.05, 0) is 18.2 Å². The highest BCUT2D eigenvalue weighted by Gasteiger charge is 2.23. The lowest BCUT2D eigenvalue weighted by molar-refractivity contribution is 0.594. The van der Waals surface area contributed by atoms with Crippen molar-refractivity contribution in [3.63, 3.8) is 0 Å². The Bertz CT molecular complexity index is 655. The van der Waals surface area contributed by atoms with Crippen LogP contribution in [0.3, 0.4) is 0 Å². The van der Waals surface area contributed by atoms with Gasteiger partial charge in [0, 0.05) is 18.3 Å². The van der Waals surface area contributed by atoms with E-state index in [1.54, 1.807) is 12.1 Å². The molecule has 0 bridgehead atoms. The Morgan fingerprint density at radius 1 is 1.44 bits per heavy atom. The number of H-pyrrole nitrogens is 1. The van der Waals surface area contributed by atoms with Crippen LogP contribution in [0, 0.1) is 0 Å². The summed E-state index contributed by atoms with van der Waals surface area (Å²) in [6.45, 7) is 0. The van der Waals surface area contributed by atoms with Crippen LogP contribution in [0.15, 0.2) is 35.5 Å². The number of benzene rings is 1. The van der Waals surface area contributed by atoms with E-state index < -0.39 is 10.0 Å². The van der Waals surface area contributed by atoms with Crippen molar-refractivity contribution in [3.8, 4) is 0 Å². The van der Waals surface area contributed by atoms with Crippen molar-refractivity contribution in [2.75, 3.05) is 17.1 Å². The lowest BCUT2D eigenvalue weighted by atomic mass is 10.3. The minimum Gasteiger partial charge on any atom is -0.397 e. The van der Waals surface area contributed by atoms with Gasteiger partial charge in [-0.2, -0.15) is 5.10 Å². The highest BCUT2D eigenvalue weighted by Crippen LogP contribution is 2.29. The molecule has 18 heavy (non-hydrogen) atoms. The molecule has 0 atom stereocenters. The number of rotatable bonds is 3. The topological polar surface area (TPSA) is 92.1 Å². The third kappa shape index (κ3) is 2.14. The van der Waals surface area contributed by atoms with Gasteiger partial charge in [-0.15, -0.1) is 0 Å². The summed E-state index contributed by atoms with van der Waals surface area (Å²) in [6, 6.07) is 4.65. The summed E-state index contributed by atoms with van der Waals surface area (Å²) in [5.74, 6) is 0. The van der Waals surface area contributed by atoms with Gasteiger partial charge in [0.05, 0.1) is 17.6 Å². The van der Waals surface area contributed by atoms with Gasteiger partial charge in [0.25, 0.3) is 10.0 Å². The molecule has 8 heteroatoms. The second-order valence-corrected chi connectivity index (χ2v) is 6.02. The van der Waals surface area contributed by atoms with E-state index in [2.05, 4.69) is 10.2 Å². The average molecular weight is 287 g/mol. The Morgan fingerprint density at radius 2 is 2.17 bits per heavy atom. The zero-order valence-corrected chi connectivity index (χ0v) is 11.0. The molecular weight excluding hydrogens is 276 g/mol. The maximum Gasteiger partial charge on any atom is 0.267 e. The number of sulfonamides is 1. The number of anilines is 2. The Hall–Kier alpha value is -1.73. The summed E-state index contributed by atoms with van der Waals surface area (Å²) in [5.41, 5.74) is 6.40. The first-order chi connectivity index (χ1) is 8.43. The second kappa shape index (κ2) is 4.51. The maximum atomic E-state index is 12.2. The maximum absolute atomic E-state index is 12.2. The molecule has 0 aliphatic rings. The quantitative estimate of drug-likeness (QED) is 0.836. The van der Waals surface area contributed by atoms with E-state index in [1.807, 2.05) is 0 Å². The first-order valence-electron chi connectivity index (χ1n) is 4.95. The SMILES string of the molecule is CN(c1cc(Cl)ccc1N)S(=O)(=O)c1cn[nH]c1. The fraction of sp³-hybridized carbons (Fsp3) is 0.100. The molecule has 2 aromatic rings. The summed E-state index contributed by atoms with van der Waals surface area (Å²) < 4.78 is 25.5. The zero-order valence-electron chi connectivity index (χ0n) is 9.46. The number of aromatic amines is 1. The smallest absolute Gasteiger partial charge is 0.267 e. The molecule has 2 rings (SSSR count). The molecule has 0 saturated heterocycles. The minimum atomic E-state index is -3.69. The van der Waals surface area contributed by atoms with Gasteiger partial charge in [-0.3, -0.25) is 9.40 Å². The Balaban J connectivity index is 2.49. The zero-order chi connectivity index (χ0) is 13.3. The van der Waals surface area contributed by atoms with E-state index in [0.717, 1.165) is 4.31 Å². The Labute approximate surface area is 109 Å². The first kappa shape index (κ1) is 12.7. The molecule has 0 unspecified atom stereocenters. The van der Waals surface area contributed by atoms with Crippen LogP contribution in [0.4, 0.5) is 11.4 Å². The van der Waals surface area contributed by atoms with Gasteiger partial charge >= 0.3 is 0 Å². The summed E-state index contributed by atoms with van der Waals surface area (Å²) in [6.07, 6.45) is 2.53. The average Bonchev–Trinajstić information content (AvgIpc) is 2.85. The molecule has 1 heterocycles. The Morgan fingerprint density at radius 3 is 2.78 bits per heavy atom. The monoisotopic (exact) mass is 286 g/mol. The summed E-state index contributed by atoms with van der Waals surface area (Å²) in [5, 5.41) is 6.48. The molecule has 96 valence electrons. The van der Waals surface area contributed by atoms with Crippen molar-refractivity contribution in [2.45, 2.75) is 4.90 Å². The molecule has 3 N–H and O–H groups in total. The first-order valence-corrected chi connectivity index (χ1v) is 6.77. The van der Waals surface area contributed by atoms with E-state index in [-0.39, 0.29) is 4.90 Å². The molecule has 1 aromatic carbocycles. The summed E-state index contributed by atoms with van der Waals surface area (Å²) >= 11 is 5.84. The number of aromatic nitrogens is 2. The van der Waals surface area contributed by atoms with Crippen LogP contribution in [0.2, 0.25) is 5.02 Å². The van der Waals surface area contributed by atoms with E-state index in [0.29, 0.717) is 16.4 Å². The van der Waals surface area contributed by atoms with E-state index in [1.165, 1.54) is 25.5 Å². The predicted octanol–water partition coefficient (Wildman–Crippen LogP) is 1.47. The third-order valence-electron chi connectivity index (χ3n) is 2.46. The van der Waals surface area contributed by atoms with Crippen LogP contribution in [0.1, 0.15) is 0 Å². The van der Waals surface area contributed by atoms with E-state index in [9.17, 15) is 8.42 Å². The van der Waals surface area contributed by atoms with Crippen molar-refractivity contribution in [3.05, 3.63) is 35.6 Å². The van der Waals surface area contributed by atoms with E-state index >= 15 is 0 Å². The van der Waals surface area contributed by atoms with Gasteiger partial charge in [-0.25, -0.2) is 8.42 Å². The number of hydrogen-bond acceptors (Lipinski definition) is 4. The second-order valence-electron chi connectivity index (χ2n) is 3.61. The van der Waals surface area contributed by atoms with Crippen LogP contribution < -0.4 is 10.0 Å². The molecule has 6 nitrogen and oxygen atoms in total. The summed E-state index contributed by atoms with van der Waals surface area (Å²) in [4.78, 5) is 0.0596. The molecule has 0 spiro atoms. The number of halogens is 1. The van der Waals surface area contributed by atoms with Crippen LogP contribution in [-0.4, -0.2) is 25.7 Å². The minimum absolute atomic E-state index is 0.0596. The van der Waals surface area contributed by atoms with Gasteiger partial charge in [0.1, 0.15) is 4.90 Å². The van der Waals surface area contributed by atoms with Crippen molar-refractivity contribution in [2.24, 2.45) is 0 Å². The normalized spacial score (nSPS) is 11.4. The van der Waals surface area contributed by atoms with Crippen molar-refractivity contribution in [1.82, 2.24) is 10.2 Å². The van der Waals surface area contributed by atoms with Gasteiger partial charge in [-0.1, -0.05) is 11.6 Å².